The van der Waals surface area contributed by atoms with Gasteiger partial charge in [0, 0.05) is 18.5 Å². The fourth-order valence-corrected chi connectivity index (χ4v) is 1.73. The van der Waals surface area contributed by atoms with Crippen LogP contribution in [0.2, 0.25) is 0 Å². The molecule has 114 valence electrons. The van der Waals surface area contributed by atoms with E-state index in [0.29, 0.717) is 12.1 Å². The Morgan fingerprint density at radius 3 is 2.24 bits per heavy atom. The van der Waals surface area contributed by atoms with Gasteiger partial charge in [0.2, 0.25) is 5.91 Å². The Morgan fingerprint density at radius 1 is 1.10 bits per heavy atom. The van der Waals surface area contributed by atoms with Gasteiger partial charge in [-0.15, -0.1) is 0 Å². The summed E-state index contributed by atoms with van der Waals surface area (Å²) in [6.45, 7) is 0. The number of nitrogens with two attached hydrogens (primary N) is 1. The van der Waals surface area contributed by atoms with E-state index in [1.165, 1.54) is 0 Å². The van der Waals surface area contributed by atoms with Crippen molar-refractivity contribution in [3.05, 3.63) is 29.8 Å². The Hall–Kier alpha value is -2.57. The molecule has 0 saturated heterocycles. The second-order valence-corrected chi connectivity index (χ2v) is 4.63. The molecule has 0 aromatic heterocycles. The van der Waals surface area contributed by atoms with Crippen molar-refractivity contribution in [2.45, 2.75) is 31.7 Å². The lowest BCUT2D eigenvalue weighted by molar-refractivity contribution is -0.143. The van der Waals surface area contributed by atoms with Crippen molar-refractivity contribution in [3.8, 4) is 0 Å². The zero-order chi connectivity index (χ0) is 15.8. The number of nitrogen functional groups attached to an aromatic ring is 1. The van der Waals surface area contributed by atoms with Crippen molar-refractivity contribution in [1.29, 1.82) is 0 Å². The van der Waals surface area contributed by atoms with E-state index >= 15 is 0 Å². The first-order valence-corrected chi connectivity index (χ1v) is 6.47. The summed E-state index contributed by atoms with van der Waals surface area (Å²) in [6.07, 6.45) is 0.131. The minimum atomic E-state index is -1.24. The Kier molecular flexibility index (Phi) is 6.19. The van der Waals surface area contributed by atoms with Gasteiger partial charge in [0.1, 0.15) is 6.04 Å². The molecule has 0 radical (unpaired) electrons. The highest BCUT2D eigenvalue weighted by molar-refractivity contribution is 5.84. The highest BCUT2D eigenvalue weighted by atomic mass is 16.4. The summed E-state index contributed by atoms with van der Waals surface area (Å²) in [5, 5.41) is 19.8. The summed E-state index contributed by atoms with van der Waals surface area (Å²) in [6, 6.07) is 5.85. The van der Waals surface area contributed by atoms with E-state index in [1.54, 1.807) is 24.3 Å². The lowest BCUT2D eigenvalue weighted by Crippen LogP contribution is -2.41. The largest absolute Gasteiger partial charge is 0.481 e. The molecule has 0 fully saturated rings. The third-order valence-electron chi connectivity index (χ3n) is 2.90. The number of carboxylic acid groups (broad SMARTS) is 2. The molecule has 0 bridgehead atoms. The van der Waals surface area contributed by atoms with Crippen LogP contribution in [0.5, 0.6) is 0 Å². The van der Waals surface area contributed by atoms with E-state index in [-0.39, 0.29) is 19.3 Å². The Balaban J connectivity index is 2.44. The van der Waals surface area contributed by atoms with Crippen LogP contribution in [-0.4, -0.2) is 34.1 Å². The SMILES string of the molecule is Nc1ccc(CCC(=O)NC(CCC(=O)O)C(=O)O)cc1. The van der Waals surface area contributed by atoms with Crippen LogP contribution in [0.15, 0.2) is 24.3 Å². The molecule has 0 spiro atoms. The molecule has 5 N–H and O–H groups in total. The Morgan fingerprint density at radius 2 is 1.71 bits per heavy atom. The number of amides is 1. The van der Waals surface area contributed by atoms with Crippen molar-refractivity contribution >= 4 is 23.5 Å². The number of rotatable bonds is 8. The molecule has 1 rings (SSSR count). The lowest BCUT2D eigenvalue weighted by Gasteiger charge is -2.13. The third kappa shape index (κ3) is 6.42. The van der Waals surface area contributed by atoms with Gasteiger partial charge in [-0.25, -0.2) is 4.79 Å². The highest BCUT2D eigenvalue weighted by Crippen LogP contribution is 2.08. The highest BCUT2D eigenvalue weighted by Gasteiger charge is 2.20. The number of hydrogen-bond donors (Lipinski definition) is 4. The number of hydrogen-bond acceptors (Lipinski definition) is 4. The second kappa shape index (κ2) is 7.88. The number of carbonyl (C=O) groups excluding carboxylic acids is 1. The van der Waals surface area contributed by atoms with Gasteiger partial charge in [0.05, 0.1) is 0 Å². The summed E-state index contributed by atoms with van der Waals surface area (Å²) < 4.78 is 0. The number of carboxylic acids is 2. The van der Waals surface area contributed by atoms with Gasteiger partial charge >= 0.3 is 11.9 Å². The summed E-state index contributed by atoms with van der Waals surface area (Å²) in [4.78, 5) is 33.1. The summed E-state index contributed by atoms with van der Waals surface area (Å²) >= 11 is 0. The van der Waals surface area contributed by atoms with E-state index in [2.05, 4.69) is 5.32 Å². The molecule has 0 aliphatic rings. The number of anilines is 1. The Bertz CT molecular complexity index is 513. The van der Waals surface area contributed by atoms with E-state index < -0.39 is 23.9 Å². The topological polar surface area (TPSA) is 130 Å². The van der Waals surface area contributed by atoms with Crippen LogP contribution in [0.25, 0.3) is 0 Å². The monoisotopic (exact) mass is 294 g/mol. The molecule has 0 heterocycles. The molecule has 1 unspecified atom stereocenters. The predicted octanol–water partition coefficient (Wildman–Crippen LogP) is 0.636. The third-order valence-corrected chi connectivity index (χ3v) is 2.90. The number of benzene rings is 1. The summed E-state index contributed by atoms with van der Waals surface area (Å²) in [5.74, 6) is -2.76. The average Bonchev–Trinajstić information content (AvgIpc) is 2.42. The van der Waals surface area contributed by atoms with Crippen molar-refractivity contribution in [1.82, 2.24) is 5.32 Å². The fourth-order valence-electron chi connectivity index (χ4n) is 1.73. The number of nitrogens with one attached hydrogen (secondary N) is 1. The molecule has 21 heavy (non-hydrogen) atoms. The first kappa shape index (κ1) is 16.5. The normalized spacial score (nSPS) is 11.6. The van der Waals surface area contributed by atoms with E-state index in [9.17, 15) is 14.4 Å². The predicted molar refractivity (Wildman–Crippen MR) is 75.6 cm³/mol. The van der Waals surface area contributed by atoms with Crippen molar-refractivity contribution in [2.24, 2.45) is 0 Å². The van der Waals surface area contributed by atoms with Crippen LogP contribution in [-0.2, 0) is 20.8 Å². The van der Waals surface area contributed by atoms with Gasteiger partial charge in [0.15, 0.2) is 0 Å². The first-order chi connectivity index (χ1) is 9.88. The van der Waals surface area contributed by atoms with Crippen molar-refractivity contribution in [3.63, 3.8) is 0 Å². The van der Waals surface area contributed by atoms with Gasteiger partial charge in [-0.3, -0.25) is 9.59 Å². The summed E-state index contributed by atoms with van der Waals surface area (Å²) in [7, 11) is 0. The van der Waals surface area contributed by atoms with E-state index in [1.807, 2.05) is 0 Å². The van der Waals surface area contributed by atoms with Crippen LogP contribution in [0.1, 0.15) is 24.8 Å². The van der Waals surface area contributed by atoms with Gasteiger partial charge in [-0.05, 0) is 30.5 Å². The maximum atomic E-state index is 11.7. The maximum absolute atomic E-state index is 11.7. The van der Waals surface area contributed by atoms with Crippen LogP contribution in [0, 0.1) is 0 Å². The van der Waals surface area contributed by atoms with Crippen LogP contribution in [0.4, 0.5) is 5.69 Å². The maximum Gasteiger partial charge on any atom is 0.326 e. The average molecular weight is 294 g/mol. The van der Waals surface area contributed by atoms with Crippen molar-refractivity contribution < 1.29 is 24.6 Å². The molecule has 0 aliphatic heterocycles. The molecular weight excluding hydrogens is 276 g/mol. The van der Waals surface area contributed by atoms with Crippen LogP contribution < -0.4 is 11.1 Å². The van der Waals surface area contributed by atoms with E-state index in [0.717, 1.165) is 5.56 Å². The summed E-state index contributed by atoms with van der Waals surface area (Å²) in [5.41, 5.74) is 7.09. The minimum Gasteiger partial charge on any atom is -0.481 e. The molecular formula is C14H18N2O5. The van der Waals surface area contributed by atoms with Gasteiger partial charge in [-0.2, -0.15) is 0 Å². The molecule has 0 aliphatic carbocycles. The second-order valence-electron chi connectivity index (χ2n) is 4.63. The van der Waals surface area contributed by atoms with Crippen LogP contribution >= 0.6 is 0 Å². The van der Waals surface area contributed by atoms with Gasteiger partial charge in [-0.1, -0.05) is 12.1 Å². The first-order valence-electron chi connectivity index (χ1n) is 6.47. The Labute approximate surface area is 121 Å². The number of carbonyl (C=O) groups is 3. The number of aliphatic carboxylic acids is 2. The molecule has 1 aromatic carbocycles. The molecule has 1 amide bonds. The minimum absolute atomic E-state index is 0.126. The molecule has 1 aromatic rings. The fraction of sp³-hybridized carbons (Fsp3) is 0.357. The molecule has 0 saturated carbocycles. The molecule has 1 atom stereocenters. The number of aryl methyl sites for hydroxylation is 1. The standard InChI is InChI=1S/C14H18N2O5/c15-10-4-1-9(2-5-10)3-7-12(17)16-11(14(20)21)6-8-13(18)19/h1-2,4-5,11H,3,6-8,15H2,(H,16,17)(H,18,19)(H,20,21). The van der Waals surface area contributed by atoms with Crippen LogP contribution in [0.3, 0.4) is 0 Å². The van der Waals surface area contributed by atoms with E-state index in [4.69, 9.17) is 15.9 Å². The quantitative estimate of drug-likeness (QED) is 0.520. The van der Waals surface area contributed by atoms with Gasteiger partial charge in [0.25, 0.3) is 0 Å². The molecule has 7 heteroatoms. The molecule has 7 nitrogen and oxygen atoms in total. The smallest absolute Gasteiger partial charge is 0.326 e. The van der Waals surface area contributed by atoms with Crippen molar-refractivity contribution in [2.75, 3.05) is 5.73 Å². The zero-order valence-corrected chi connectivity index (χ0v) is 11.4. The van der Waals surface area contributed by atoms with Gasteiger partial charge < -0.3 is 21.3 Å². The zero-order valence-electron chi connectivity index (χ0n) is 11.4. The lowest BCUT2D eigenvalue weighted by atomic mass is 10.1.